The Morgan fingerprint density at radius 2 is 1.54 bits per heavy atom. The van der Waals surface area contributed by atoms with Gasteiger partial charge in [-0.25, -0.2) is 22.0 Å². The molecule has 1 heterocycles. The van der Waals surface area contributed by atoms with Gasteiger partial charge in [0.2, 0.25) is 5.82 Å². The van der Waals surface area contributed by atoms with Gasteiger partial charge in [-0.3, -0.25) is 4.79 Å². The largest absolute Gasteiger partial charge is 0.490 e. The maximum atomic E-state index is 14.3. The van der Waals surface area contributed by atoms with E-state index in [2.05, 4.69) is 5.10 Å². The number of nitrogens with zero attached hydrogens (tertiary/aromatic N) is 2. The first-order valence-electron chi connectivity index (χ1n) is 11.2. The number of ether oxygens (including phenoxy) is 2. The van der Waals surface area contributed by atoms with Crippen LogP contribution < -0.4 is 14.5 Å². The van der Waals surface area contributed by atoms with E-state index in [1.807, 2.05) is 31.2 Å². The first-order chi connectivity index (χ1) is 17.6. The highest BCUT2D eigenvalue weighted by Gasteiger charge is 2.37. The average molecular weight is 516 g/mol. The third-order valence-electron chi connectivity index (χ3n) is 5.52. The molecule has 192 valence electrons. The van der Waals surface area contributed by atoms with Crippen LogP contribution >= 0.6 is 0 Å². The molecule has 0 saturated heterocycles. The van der Waals surface area contributed by atoms with E-state index in [4.69, 9.17) is 9.47 Å². The van der Waals surface area contributed by atoms with Gasteiger partial charge >= 0.3 is 0 Å². The number of aryl methyl sites for hydroxylation is 1. The predicted octanol–water partition coefficient (Wildman–Crippen LogP) is 6.47. The summed E-state index contributed by atoms with van der Waals surface area (Å²) >= 11 is 0. The van der Waals surface area contributed by atoms with Crippen LogP contribution in [0.25, 0.3) is 6.08 Å². The highest BCUT2D eigenvalue weighted by atomic mass is 19.2. The summed E-state index contributed by atoms with van der Waals surface area (Å²) < 4.78 is 80.9. The topological polar surface area (TPSA) is 51.1 Å². The Labute approximate surface area is 209 Å². The van der Waals surface area contributed by atoms with Crippen molar-refractivity contribution < 1.29 is 36.2 Å². The monoisotopic (exact) mass is 516 g/mol. The molecule has 0 aliphatic carbocycles. The average Bonchev–Trinajstić information content (AvgIpc) is 3.14. The van der Waals surface area contributed by atoms with Crippen LogP contribution in [0.15, 0.2) is 53.1 Å². The Hall–Kier alpha value is -4.21. The van der Waals surface area contributed by atoms with Crippen molar-refractivity contribution >= 4 is 23.4 Å². The van der Waals surface area contributed by atoms with E-state index in [-0.39, 0.29) is 16.3 Å². The molecule has 0 spiro atoms. The highest BCUT2D eigenvalue weighted by molar-refractivity contribution is 6.32. The number of rotatable bonds is 7. The van der Waals surface area contributed by atoms with Crippen LogP contribution in [-0.2, 0) is 11.4 Å². The molecule has 1 aliphatic rings. The van der Waals surface area contributed by atoms with E-state index in [1.54, 1.807) is 25.1 Å². The first-order valence-corrected chi connectivity index (χ1v) is 11.2. The van der Waals surface area contributed by atoms with Gasteiger partial charge in [-0.1, -0.05) is 35.9 Å². The zero-order chi connectivity index (χ0) is 26.9. The number of anilines is 1. The molecule has 0 aromatic heterocycles. The zero-order valence-electron chi connectivity index (χ0n) is 20.0. The lowest BCUT2D eigenvalue weighted by Crippen LogP contribution is -2.25. The summed E-state index contributed by atoms with van der Waals surface area (Å²) in [5.74, 6) is -11.2. The zero-order valence-corrected chi connectivity index (χ0v) is 20.0. The predicted molar refractivity (Wildman–Crippen MR) is 128 cm³/mol. The second kappa shape index (κ2) is 10.4. The quantitative estimate of drug-likeness (QED) is 0.156. The molecule has 0 atom stereocenters. The third kappa shape index (κ3) is 5.04. The van der Waals surface area contributed by atoms with Crippen LogP contribution in [0, 0.1) is 36.0 Å². The lowest BCUT2D eigenvalue weighted by atomic mass is 10.1. The van der Waals surface area contributed by atoms with Crippen molar-refractivity contribution in [3.8, 4) is 11.5 Å². The molecule has 0 fully saturated rings. The van der Waals surface area contributed by atoms with Crippen LogP contribution in [-0.4, -0.2) is 18.2 Å². The van der Waals surface area contributed by atoms with Gasteiger partial charge in [0, 0.05) is 0 Å². The summed E-state index contributed by atoms with van der Waals surface area (Å²) in [5, 5.41) is 3.90. The minimum Gasteiger partial charge on any atom is -0.490 e. The van der Waals surface area contributed by atoms with E-state index in [0.717, 1.165) is 11.1 Å². The van der Waals surface area contributed by atoms with Gasteiger partial charge in [0.25, 0.3) is 5.91 Å². The summed E-state index contributed by atoms with van der Waals surface area (Å²) in [4.78, 5) is 12.9. The molecule has 0 bridgehead atoms. The Morgan fingerprint density at radius 1 is 0.865 bits per heavy atom. The van der Waals surface area contributed by atoms with Gasteiger partial charge < -0.3 is 9.47 Å². The van der Waals surface area contributed by atoms with E-state index in [0.29, 0.717) is 30.3 Å². The Bertz CT molecular complexity index is 1420. The summed E-state index contributed by atoms with van der Waals surface area (Å²) in [6, 6.07) is 12.7. The SMILES string of the molecule is CCOc1cc(/C=C2/C(=O)N(c3c(F)c(F)c(F)c(F)c3F)N=C2C)ccc1OCc1cccc(C)c1. The van der Waals surface area contributed by atoms with Crippen molar-refractivity contribution in [3.05, 3.63) is 93.8 Å². The molecule has 5 nitrogen and oxygen atoms in total. The van der Waals surface area contributed by atoms with E-state index in [1.165, 1.54) is 13.0 Å². The Kier molecular flexibility index (Phi) is 7.28. The minimum atomic E-state index is -2.32. The molecule has 1 aliphatic heterocycles. The third-order valence-corrected chi connectivity index (χ3v) is 5.52. The van der Waals surface area contributed by atoms with Crippen LogP contribution in [0.4, 0.5) is 27.6 Å². The van der Waals surface area contributed by atoms with Crippen LogP contribution in [0.3, 0.4) is 0 Å². The Morgan fingerprint density at radius 3 is 2.19 bits per heavy atom. The number of hydrogen-bond donors (Lipinski definition) is 0. The molecule has 4 rings (SSSR count). The molecular formula is C27H21F5N2O3. The van der Waals surface area contributed by atoms with Gasteiger partial charge in [-0.05, 0) is 50.1 Å². The summed E-state index contributed by atoms with van der Waals surface area (Å²) in [7, 11) is 0. The lowest BCUT2D eigenvalue weighted by Gasteiger charge is -2.15. The normalized spacial score (nSPS) is 14.4. The van der Waals surface area contributed by atoms with Crippen molar-refractivity contribution in [3.63, 3.8) is 0 Å². The molecule has 3 aromatic carbocycles. The summed E-state index contributed by atoms with van der Waals surface area (Å²) in [6.07, 6.45) is 1.38. The number of hydrogen-bond acceptors (Lipinski definition) is 4. The molecule has 0 unspecified atom stereocenters. The van der Waals surface area contributed by atoms with Crippen molar-refractivity contribution in [2.24, 2.45) is 5.10 Å². The number of amides is 1. The van der Waals surface area contributed by atoms with Gasteiger partial charge in [0.05, 0.1) is 17.9 Å². The number of carbonyl (C=O) groups excluding carboxylic acids is 1. The second-order valence-electron chi connectivity index (χ2n) is 8.20. The standard InChI is InChI=1S/C27H21F5N2O3/c1-4-36-20-12-16(8-9-19(20)37-13-17-7-5-6-14(2)10-17)11-18-15(3)33-34(27(18)35)26-24(31)22(29)21(28)23(30)25(26)32/h5-12H,4,13H2,1-3H3/b18-11+. The van der Waals surface area contributed by atoms with E-state index < -0.39 is 40.7 Å². The van der Waals surface area contributed by atoms with Gasteiger partial charge in [-0.2, -0.15) is 10.1 Å². The van der Waals surface area contributed by atoms with Gasteiger partial charge in [0.15, 0.2) is 34.8 Å². The maximum absolute atomic E-state index is 14.3. The minimum absolute atomic E-state index is 0.0201. The molecule has 0 radical (unpaired) electrons. The maximum Gasteiger partial charge on any atom is 0.280 e. The fourth-order valence-electron chi connectivity index (χ4n) is 3.75. The molecular weight excluding hydrogens is 495 g/mol. The molecule has 1 amide bonds. The number of hydrazone groups is 1. The van der Waals surface area contributed by atoms with Crippen molar-refractivity contribution in [1.29, 1.82) is 0 Å². The van der Waals surface area contributed by atoms with E-state index >= 15 is 0 Å². The lowest BCUT2D eigenvalue weighted by molar-refractivity contribution is -0.114. The van der Waals surface area contributed by atoms with Crippen molar-refractivity contribution in [2.75, 3.05) is 11.6 Å². The Balaban J connectivity index is 1.63. The molecule has 0 N–H and O–H groups in total. The first kappa shape index (κ1) is 25.9. The van der Waals surface area contributed by atoms with Crippen LogP contribution in [0.5, 0.6) is 11.5 Å². The molecule has 37 heavy (non-hydrogen) atoms. The van der Waals surface area contributed by atoms with Crippen LogP contribution in [0.2, 0.25) is 0 Å². The second-order valence-corrected chi connectivity index (χ2v) is 8.20. The van der Waals surface area contributed by atoms with Gasteiger partial charge in [0.1, 0.15) is 12.3 Å². The summed E-state index contributed by atoms with van der Waals surface area (Å²) in [6.45, 7) is 5.75. The van der Waals surface area contributed by atoms with Crippen molar-refractivity contribution in [2.45, 2.75) is 27.4 Å². The fourth-order valence-corrected chi connectivity index (χ4v) is 3.75. The number of carbonyl (C=O) groups is 1. The van der Waals surface area contributed by atoms with Gasteiger partial charge in [-0.15, -0.1) is 0 Å². The molecule has 10 heteroatoms. The van der Waals surface area contributed by atoms with Crippen molar-refractivity contribution in [1.82, 2.24) is 0 Å². The van der Waals surface area contributed by atoms with Crippen LogP contribution in [0.1, 0.15) is 30.5 Å². The van der Waals surface area contributed by atoms with E-state index in [9.17, 15) is 26.7 Å². The fraction of sp³-hybridized carbons (Fsp3) is 0.185. The molecule has 3 aromatic rings. The highest BCUT2D eigenvalue weighted by Crippen LogP contribution is 2.35. The number of halogens is 5. The summed E-state index contributed by atoms with van der Waals surface area (Å²) in [5.41, 5.74) is 0.991. The molecule has 0 saturated carbocycles. The smallest absolute Gasteiger partial charge is 0.280 e. The number of benzene rings is 3.